The van der Waals surface area contributed by atoms with Crippen molar-refractivity contribution in [1.82, 2.24) is 15.3 Å². The van der Waals surface area contributed by atoms with Crippen LogP contribution >= 0.6 is 11.6 Å². The number of urea groups is 1. The van der Waals surface area contributed by atoms with Crippen LogP contribution in [-0.2, 0) is 6.42 Å². The molecule has 0 saturated carbocycles. The molecule has 1 aliphatic rings. The van der Waals surface area contributed by atoms with Crippen molar-refractivity contribution in [3.8, 4) is 11.1 Å². The van der Waals surface area contributed by atoms with Gasteiger partial charge in [-0.1, -0.05) is 30.7 Å². The second-order valence-corrected chi connectivity index (χ2v) is 6.19. The largest absolute Gasteiger partial charge is 0.346 e. The number of benzene rings is 1. The van der Waals surface area contributed by atoms with Gasteiger partial charge in [-0.05, 0) is 29.7 Å². The van der Waals surface area contributed by atoms with Crippen LogP contribution in [0.5, 0.6) is 0 Å². The van der Waals surface area contributed by atoms with Gasteiger partial charge in [-0.2, -0.15) is 0 Å². The SMILES string of the molecule is CCc1c[nH]c2ncc(-c3cccc(N4CCNC4=O)c3)c(Cl)c12. The number of fused-ring (bicyclic) bond motifs is 1. The molecule has 0 bridgehead atoms. The third-order valence-corrected chi connectivity index (χ3v) is 4.82. The zero-order valence-corrected chi connectivity index (χ0v) is 14.0. The average Bonchev–Trinajstić information content (AvgIpc) is 3.21. The van der Waals surface area contributed by atoms with Crippen molar-refractivity contribution in [3.63, 3.8) is 0 Å². The molecule has 4 rings (SSSR count). The molecule has 1 fully saturated rings. The Kier molecular flexibility index (Phi) is 3.65. The lowest BCUT2D eigenvalue weighted by atomic mass is 10.0. The molecule has 122 valence electrons. The summed E-state index contributed by atoms with van der Waals surface area (Å²) in [6, 6.07) is 7.78. The lowest BCUT2D eigenvalue weighted by Gasteiger charge is -2.15. The van der Waals surface area contributed by atoms with E-state index in [9.17, 15) is 4.79 Å². The highest BCUT2D eigenvalue weighted by Gasteiger charge is 2.21. The summed E-state index contributed by atoms with van der Waals surface area (Å²) in [5.41, 5.74) is 4.65. The van der Waals surface area contributed by atoms with Crippen LogP contribution in [0.1, 0.15) is 12.5 Å². The third kappa shape index (κ3) is 2.32. The van der Waals surface area contributed by atoms with Crippen molar-refractivity contribution in [3.05, 3.63) is 47.2 Å². The van der Waals surface area contributed by atoms with Gasteiger partial charge < -0.3 is 10.3 Å². The molecule has 2 N–H and O–H groups in total. The van der Waals surface area contributed by atoms with Gasteiger partial charge in [0, 0.05) is 42.1 Å². The smallest absolute Gasteiger partial charge is 0.321 e. The maximum atomic E-state index is 11.9. The van der Waals surface area contributed by atoms with Crippen molar-refractivity contribution >= 4 is 34.4 Å². The monoisotopic (exact) mass is 340 g/mol. The van der Waals surface area contributed by atoms with Crippen molar-refractivity contribution in [1.29, 1.82) is 0 Å². The van der Waals surface area contributed by atoms with Crippen LogP contribution in [0.3, 0.4) is 0 Å². The first-order valence-electron chi connectivity index (χ1n) is 7.99. The number of rotatable bonds is 3. The number of halogens is 1. The van der Waals surface area contributed by atoms with Crippen molar-refractivity contribution < 1.29 is 4.79 Å². The molecule has 0 unspecified atom stereocenters. The first-order chi connectivity index (χ1) is 11.7. The fourth-order valence-corrected chi connectivity index (χ4v) is 3.53. The number of aromatic nitrogens is 2. The molecule has 6 heteroatoms. The molecule has 0 radical (unpaired) electrons. The molecule has 2 aromatic heterocycles. The minimum atomic E-state index is -0.0641. The van der Waals surface area contributed by atoms with Crippen molar-refractivity contribution in [2.45, 2.75) is 13.3 Å². The molecule has 3 aromatic rings. The Labute approximate surface area is 144 Å². The molecule has 0 atom stereocenters. The lowest BCUT2D eigenvalue weighted by Crippen LogP contribution is -2.27. The Bertz CT molecular complexity index is 934. The van der Waals surface area contributed by atoms with E-state index >= 15 is 0 Å². The molecule has 1 saturated heterocycles. The molecule has 24 heavy (non-hydrogen) atoms. The third-order valence-electron chi connectivity index (χ3n) is 4.43. The van der Waals surface area contributed by atoms with Gasteiger partial charge in [-0.25, -0.2) is 9.78 Å². The molecule has 1 aromatic carbocycles. The number of H-pyrrole nitrogens is 1. The maximum absolute atomic E-state index is 11.9. The molecule has 2 amide bonds. The summed E-state index contributed by atoms with van der Waals surface area (Å²) in [4.78, 5) is 21.3. The highest BCUT2D eigenvalue weighted by molar-refractivity contribution is 6.38. The number of hydrogen-bond acceptors (Lipinski definition) is 2. The number of carbonyl (C=O) groups is 1. The van der Waals surface area contributed by atoms with Crippen LogP contribution in [0.25, 0.3) is 22.2 Å². The zero-order valence-electron chi connectivity index (χ0n) is 13.3. The number of aryl methyl sites for hydroxylation is 1. The average molecular weight is 341 g/mol. The fourth-order valence-electron chi connectivity index (χ4n) is 3.16. The van der Waals surface area contributed by atoms with Gasteiger partial charge in [0.15, 0.2) is 0 Å². The molecule has 3 heterocycles. The Balaban J connectivity index is 1.83. The van der Waals surface area contributed by atoms with E-state index in [1.54, 1.807) is 11.1 Å². The first kappa shape index (κ1) is 15.0. The normalized spacial score (nSPS) is 14.4. The van der Waals surface area contributed by atoms with E-state index in [0.717, 1.165) is 39.8 Å². The number of hydrogen-bond donors (Lipinski definition) is 2. The first-order valence-corrected chi connectivity index (χ1v) is 8.37. The number of pyridine rings is 1. The van der Waals surface area contributed by atoms with Crippen LogP contribution in [0, 0.1) is 0 Å². The van der Waals surface area contributed by atoms with E-state index in [2.05, 4.69) is 22.2 Å². The Morgan fingerprint density at radius 2 is 2.25 bits per heavy atom. The van der Waals surface area contributed by atoms with Gasteiger partial charge in [0.2, 0.25) is 0 Å². The van der Waals surface area contributed by atoms with Crippen LogP contribution in [0.2, 0.25) is 5.02 Å². The van der Waals surface area contributed by atoms with Crippen LogP contribution in [-0.4, -0.2) is 29.1 Å². The summed E-state index contributed by atoms with van der Waals surface area (Å²) >= 11 is 6.69. The van der Waals surface area contributed by atoms with E-state index < -0.39 is 0 Å². The Hall–Kier alpha value is -2.53. The number of carbonyl (C=O) groups excluding carboxylic acids is 1. The summed E-state index contributed by atoms with van der Waals surface area (Å²) in [6.45, 7) is 3.43. The fraction of sp³-hybridized carbons (Fsp3) is 0.222. The molecular weight excluding hydrogens is 324 g/mol. The van der Waals surface area contributed by atoms with E-state index in [-0.39, 0.29) is 6.03 Å². The van der Waals surface area contributed by atoms with E-state index in [1.165, 1.54) is 0 Å². The highest BCUT2D eigenvalue weighted by Crippen LogP contribution is 2.36. The summed E-state index contributed by atoms with van der Waals surface area (Å²) in [6.07, 6.45) is 4.63. The van der Waals surface area contributed by atoms with Gasteiger partial charge in [0.05, 0.1) is 5.02 Å². The predicted molar refractivity (Wildman–Crippen MR) is 96.7 cm³/mol. The topological polar surface area (TPSA) is 61.0 Å². The zero-order chi connectivity index (χ0) is 16.7. The number of anilines is 1. The Morgan fingerprint density at radius 1 is 1.38 bits per heavy atom. The maximum Gasteiger partial charge on any atom is 0.321 e. The van der Waals surface area contributed by atoms with Gasteiger partial charge in [-0.3, -0.25) is 4.90 Å². The molecule has 0 spiro atoms. The standard InChI is InChI=1S/C18H17ClN4O/c1-2-11-9-21-17-15(11)16(19)14(10-22-17)12-4-3-5-13(8-12)23-7-6-20-18(23)24/h3-5,8-10H,2,6-7H2,1H3,(H,20,24)(H,21,22). The number of nitrogens with zero attached hydrogens (tertiary/aromatic N) is 2. The molecular formula is C18H17ClN4O. The summed E-state index contributed by atoms with van der Waals surface area (Å²) in [5.74, 6) is 0. The number of amides is 2. The molecule has 5 nitrogen and oxygen atoms in total. The van der Waals surface area contributed by atoms with Crippen molar-refractivity contribution in [2.75, 3.05) is 18.0 Å². The van der Waals surface area contributed by atoms with Crippen LogP contribution < -0.4 is 10.2 Å². The summed E-state index contributed by atoms with van der Waals surface area (Å²) in [7, 11) is 0. The lowest BCUT2D eigenvalue weighted by molar-refractivity contribution is 0.252. The summed E-state index contributed by atoms with van der Waals surface area (Å²) < 4.78 is 0. The van der Waals surface area contributed by atoms with Gasteiger partial charge in [0.1, 0.15) is 5.65 Å². The second kappa shape index (κ2) is 5.83. The minimum Gasteiger partial charge on any atom is -0.346 e. The number of aromatic amines is 1. The van der Waals surface area contributed by atoms with Crippen LogP contribution in [0.4, 0.5) is 10.5 Å². The van der Waals surface area contributed by atoms with Crippen molar-refractivity contribution in [2.24, 2.45) is 0 Å². The molecule has 0 aliphatic carbocycles. The Morgan fingerprint density at radius 3 is 3.00 bits per heavy atom. The minimum absolute atomic E-state index is 0.0641. The van der Waals surface area contributed by atoms with E-state index in [1.807, 2.05) is 30.5 Å². The number of nitrogens with one attached hydrogen (secondary N) is 2. The quantitative estimate of drug-likeness (QED) is 0.757. The van der Waals surface area contributed by atoms with Crippen LogP contribution in [0.15, 0.2) is 36.7 Å². The predicted octanol–water partition coefficient (Wildman–Crippen LogP) is 3.98. The van der Waals surface area contributed by atoms with E-state index in [0.29, 0.717) is 18.1 Å². The second-order valence-electron chi connectivity index (χ2n) is 5.81. The highest BCUT2D eigenvalue weighted by atomic mass is 35.5. The van der Waals surface area contributed by atoms with E-state index in [4.69, 9.17) is 11.6 Å². The molecule has 1 aliphatic heterocycles. The van der Waals surface area contributed by atoms with Gasteiger partial charge in [0.25, 0.3) is 0 Å². The van der Waals surface area contributed by atoms with Gasteiger partial charge in [-0.15, -0.1) is 0 Å². The van der Waals surface area contributed by atoms with Gasteiger partial charge >= 0.3 is 6.03 Å². The summed E-state index contributed by atoms with van der Waals surface area (Å²) in [5, 5.41) is 4.49.